The second-order valence-corrected chi connectivity index (χ2v) is 4.94. The molecule has 2 aliphatic carbocycles. The van der Waals surface area contributed by atoms with Crippen LogP contribution in [-0.4, -0.2) is 11.7 Å². The number of ketones is 1. The van der Waals surface area contributed by atoms with Crippen LogP contribution in [0.1, 0.15) is 33.1 Å². The van der Waals surface area contributed by atoms with Crippen LogP contribution in [0.2, 0.25) is 0 Å². The molecule has 2 bridgehead atoms. The number of Topliss-reactive ketones (excluding diaryl/α,β-unsaturated/α-hetero) is 1. The third-order valence-corrected chi connectivity index (χ3v) is 4.03. The number of carbonyl (C=O) groups is 2. The Bertz CT molecular complexity index is 295. The van der Waals surface area contributed by atoms with Crippen LogP contribution >= 0.6 is 0 Å². The second kappa shape index (κ2) is 2.14. The van der Waals surface area contributed by atoms with Gasteiger partial charge in [-0.3, -0.25) is 9.59 Å². The molecule has 0 aromatic rings. The van der Waals surface area contributed by atoms with Crippen molar-refractivity contribution in [3.63, 3.8) is 0 Å². The average molecular weight is 181 g/mol. The SMILES string of the molecule is CC1(C)C(=O)[C@@]2(C(N)=O)CC[C@H]1C2. The highest BCUT2D eigenvalue weighted by molar-refractivity contribution is 6.10. The molecule has 13 heavy (non-hydrogen) atoms. The first kappa shape index (κ1) is 8.73. The predicted octanol–water partition coefficient (Wildman–Crippen LogP) is 0.867. The molecular weight excluding hydrogens is 166 g/mol. The molecule has 3 nitrogen and oxygen atoms in total. The third kappa shape index (κ3) is 0.798. The van der Waals surface area contributed by atoms with E-state index in [0.29, 0.717) is 18.8 Å². The molecule has 0 spiro atoms. The first-order valence-electron chi connectivity index (χ1n) is 4.76. The van der Waals surface area contributed by atoms with Crippen molar-refractivity contribution in [3.8, 4) is 0 Å². The predicted molar refractivity (Wildman–Crippen MR) is 47.8 cm³/mol. The Hall–Kier alpha value is -0.860. The van der Waals surface area contributed by atoms with Gasteiger partial charge >= 0.3 is 0 Å². The van der Waals surface area contributed by atoms with Crippen LogP contribution < -0.4 is 5.73 Å². The molecule has 2 atom stereocenters. The van der Waals surface area contributed by atoms with Crippen molar-refractivity contribution in [1.29, 1.82) is 0 Å². The summed E-state index contributed by atoms with van der Waals surface area (Å²) in [6.45, 7) is 3.87. The van der Waals surface area contributed by atoms with Gasteiger partial charge < -0.3 is 5.73 Å². The maximum absolute atomic E-state index is 12.0. The van der Waals surface area contributed by atoms with Crippen molar-refractivity contribution in [3.05, 3.63) is 0 Å². The molecule has 0 aliphatic heterocycles. The molecule has 2 saturated carbocycles. The average Bonchev–Trinajstić information content (AvgIpc) is 2.53. The monoisotopic (exact) mass is 181 g/mol. The fourth-order valence-corrected chi connectivity index (χ4v) is 3.01. The Balaban J connectivity index is 2.46. The van der Waals surface area contributed by atoms with Crippen molar-refractivity contribution in [2.75, 3.05) is 0 Å². The highest BCUT2D eigenvalue weighted by Gasteiger charge is 2.64. The van der Waals surface area contributed by atoms with E-state index in [-0.39, 0.29) is 11.2 Å². The lowest BCUT2D eigenvalue weighted by atomic mass is 9.70. The number of primary amides is 1. The largest absolute Gasteiger partial charge is 0.369 e. The molecule has 3 heteroatoms. The van der Waals surface area contributed by atoms with E-state index < -0.39 is 11.3 Å². The van der Waals surface area contributed by atoms with E-state index in [1.54, 1.807) is 0 Å². The van der Waals surface area contributed by atoms with E-state index in [1.807, 2.05) is 13.8 Å². The van der Waals surface area contributed by atoms with Gasteiger partial charge in [0.05, 0.1) is 0 Å². The summed E-state index contributed by atoms with van der Waals surface area (Å²) >= 11 is 0. The first-order valence-corrected chi connectivity index (χ1v) is 4.76. The van der Waals surface area contributed by atoms with Gasteiger partial charge in [-0.25, -0.2) is 0 Å². The zero-order chi connectivity index (χ0) is 9.85. The van der Waals surface area contributed by atoms with E-state index in [2.05, 4.69) is 0 Å². The maximum Gasteiger partial charge on any atom is 0.231 e. The summed E-state index contributed by atoms with van der Waals surface area (Å²) in [5.41, 5.74) is 4.20. The van der Waals surface area contributed by atoms with Crippen molar-refractivity contribution in [2.45, 2.75) is 33.1 Å². The normalized spacial score (nSPS) is 41.1. The molecule has 2 aliphatic rings. The summed E-state index contributed by atoms with van der Waals surface area (Å²) in [4.78, 5) is 23.2. The van der Waals surface area contributed by atoms with Gasteiger partial charge in [0.1, 0.15) is 5.41 Å². The zero-order valence-corrected chi connectivity index (χ0v) is 8.09. The Morgan fingerprint density at radius 3 is 2.46 bits per heavy atom. The molecule has 0 saturated heterocycles. The van der Waals surface area contributed by atoms with Crippen molar-refractivity contribution in [2.24, 2.45) is 22.5 Å². The molecule has 2 N–H and O–H groups in total. The van der Waals surface area contributed by atoms with Crippen LogP contribution in [0.3, 0.4) is 0 Å². The summed E-state index contributed by atoms with van der Waals surface area (Å²) in [7, 11) is 0. The number of carbonyl (C=O) groups excluding carboxylic acids is 2. The van der Waals surface area contributed by atoms with E-state index in [9.17, 15) is 9.59 Å². The van der Waals surface area contributed by atoms with E-state index in [0.717, 1.165) is 6.42 Å². The molecule has 2 fully saturated rings. The van der Waals surface area contributed by atoms with Gasteiger partial charge in [-0.2, -0.15) is 0 Å². The van der Waals surface area contributed by atoms with Gasteiger partial charge in [-0.15, -0.1) is 0 Å². The molecule has 0 aromatic carbocycles. The Kier molecular flexibility index (Phi) is 1.44. The van der Waals surface area contributed by atoms with Gasteiger partial charge in [0.15, 0.2) is 5.78 Å². The van der Waals surface area contributed by atoms with Crippen LogP contribution in [-0.2, 0) is 9.59 Å². The summed E-state index contributed by atoms with van der Waals surface area (Å²) in [6, 6.07) is 0. The molecular formula is C10H15NO2. The first-order chi connectivity index (χ1) is 5.91. The summed E-state index contributed by atoms with van der Waals surface area (Å²) in [5.74, 6) is 0.0295. The van der Waals surface area contributed by atoms with Crippen molar-refractivity contribution in [1.82, 2.24) is 0 Å². The molecule has 1 amide bonds. The molecule has 0 aromatic heterocycles. The van der Waals surface area contributed by atoms with E-state index in [4.69, 9.17) is 5.73 Å². The summed E-state index contributed by atoms with van der Waals surface area (Å²) < 4.78 is 0. The lowest BCUT2D eigenvalue weighted by Gasteiger charge is -2.31. The third-order valence-electron chi connectivity index (χ3n) is 4.03. The molecule has 0 radical (unpaired) electrons. The van der Waals surface area contributed by atoms with E-state index in [1.165, 1.54) is 0 Å². The van der Waals surface area contributed by atoms with Gasteiger partial charge in [0.25, 0.3) is 0 Å². The highest BCUT2D eigenvalue weighted by Crippen LogP contribution is 2.59. The minimum Gasteiger partial charge on any atom is -0.369 e. The number of nitrogens with two attached hydrogens (primary N) is 1. The quantitative estimate of drug-likeness (QED) is 0.610. The highest BCUT2D eigenvalue weighted by atomic mass is 16.2. The van der Waals surface area contributed by atoms with Gasteiger partial charge in [-0.05, 0) is 25.2 Å². The number of hydrogen-bond acceptors (Lipinski definition) is 2. The van der Waals surface area contributed by atoms with Crippen LogP contribution in [0.5, 0.6) is 0 Å². The molecule has 72 valence electrons. The summed E-state index contributed by atoms with van der Waals surface area (Å²) in [6.07, 6.45) is 2.34. The fraction of sp³-hybridized carbons (Fsp3) is 0.800. The van der Waals surface area contributed by atoms with Crippen LogP contribution in [0.15, 0.2) is 0 Å². The molecule has 0 heterocycles. The minimum atomic E-state index is -0.797. The topological polar surface area (TPSA) is 60.2 Å². The number of amides is 1. The zero-order valence-electron chi connectivity index (χ0n) is 8.09. The van der Waals surface area contributed by atoms with Crippen LogP contribution in [0.4, 0.5) is 0 Å². The second-order valence-electron chi connectivity index (χ2n) is 4.94. The summed E-state index contributed by atoms with van der Waals surface area (Å²) in [5, 5.41) is 0. The number of fused-ring (bicyclic) bond motifs is 2. The lowest BCUT2D eigenvalue weighted by molar-refractivity contribution is -0.143. The van der Waals surface area contributed by atoms with Gasteiger partial charge in [-0.1, -0.05) is 13.8 Å². The molecule has 0 unspecified atom stereocenters. The number of hydrogen-bond donors (Lipinski definition) is 1. The molecule has 2 rings (SSSR count). The van der Waals surface area contributed by atoms with Crippen molar-refractivity contribution < 1.29 is 9.59 Å². The Morgan fingerprint density at radius 1 is 1.54 bits per heavy atom. The fourth-order valence-electron chi connectivity index (χ4n) is 3.01. The van der Waals surface area contributed by atoms with E-state index >= 15 is 0 Å². The van der Waals surface area contributed by atoms with Crippen molar-refractivity contribution >= 4 is 11.7 Å². The standard InChI is InChI=1S/C10H15NO2/c1-9(2)6-3-4-10(5-6,7(9)12)8(11)13/h6H,3-5H2,1-2H3,(H2,11,13)/t6-,10+/m0/s1. The van der Waals surface area contributed by atoms with Crippen LogP contribution in [0.25, 0.3) is 0 Å². The Morgan fingerprint density at radius 2 is 2.15 bits per heavy atom. The Labute approximate surface area is 77.7 Å². The van der Waals surface area contributed by atoms with Gasteiger partial charge in [0.2, 0.25) is 5.91 Å². The lowest BCUT2D eigenvalue weighted by Crippen LogP contribution is -2.45. The number of rotatable bonds is 1. The minimum absolute atomic E-state index is 0.0729. The smallest absolute Gasteiger partial charge is 0.231 e. The maximum atomic E-state index is 12.0. The van der Waals surface area contributed by atoms with Crippen LogP contribution in [0, 0.1) is 16.7 Å². The van der Waals surface area contributed by atoms with Gasteiger partial charge in [0, 0.05) is 5.41 Å².